The SMILES string of the molecule is NC(=O)OCCNc1ccc(C(=O)O)cn1. The zero-order valence-corrected chi connectivity index (χ0v) is 8.34. The van der Waals surface area contributed by atoms with E-state index in [1.165, 1.54) is 18.3 Å². The minimum absolute atomic E-state index is 0.110. The van der Waals surface area contributed by atoms with Crippen molar-refractivity contribution in [1.82, 2.24) is 4.98 Å². The molecule has 0 aliphatic carbocycles. The number of nitrogens with two attached hydrogens (primary N) is 1. The van der Waals surface area contributed by atoms with Crippen LogP contribution in [0.1, 0.15) is 10.4 Å². The van der Waals surface area contributed by atoms with Crippen LogP contribution in [0.2, 0.25) is 0 Å². The molecule has 0 saturated heterocycles. The molecule has 1 rings (SSSR count). The molecule has 1 heterocycles. The number of hydrogen-bond donors (Lipinski definition) is 3. The van der Waals surface area contributed by atoms with Gasteiger partial charge in [0.05, 0.1) is 12.1 Å². The van der Waals surface area contributed by atoms with Crippen LogP contribution in [0.3, 0.4) is 0 Å². The van der Waals surface area contributed by atoms with Crippen molar-refractivity contribution in [3.05, 3.63) is 23.9 Å². The lowest BCUT2D eigenvalue weighted by atomic mass is 10.3. The summed E-state index contributed by atoms with van der Waals surface area (Å²) in [7, 11) is 0. The van der Waals surface area contributed by atoms with E-state index in [0.717, 1.165) is 0 Å². The fraction of sp³-hybridized carbons (Fsp3) is 0.222. The minimum Gasteiger partial charge on any atom is -0.478 e. The molecule has 0 radical (unpaired) electrons. The topological polar surface area (TPSA) is 115 Å². The Kier molecular flexibility index (Phi) is 4.07. The maximum Gasteiger partial charge on any atom is 0.404 e. The van der Waals surface area contributed by atoms with E-state index in [1.807, 2.05) is 0 Å². The Bertz CT molecular complexity index is 377. The van der Waals surface area contributed by atoms with E-state index in [4.69, 9.17) is 10.8 Å². The molecule has 0 aliphatic heterocycles. The summed E-state index contributed by atoms with van der Waals surface area (Å²) >= 11 is 0. The van der Waals surface area contributed by atoms with Crippen LogP contribution < -0.4 is 11.1 Å². The predicted octanol–water partition coefficient (Wildman–Crippen LogP) is 0.287. The number of rotatable bonds is 5. The monoisotopic (exact) mass is 225 g/mol. The number of anilines is 1. The van der Waals surface area contributed by atoms with Gasteiger partial charge in [-0.3, -0.25) is 0 Å². The number of pyridine rings is 1. The van der Waals surface area contributed by atoms with Crippen molar-refractivity contribution in [3.63, 3.8) is 0 Å². The van der Waals surface area contributed by atoms with Crippen molar-refractivity contribution < 1.29 is 19.4 Å². The Hall–Kier alpha value is -2.31. The fourth-order valence-corrected chi connectivity index (χ4v) is 0.956. The van der Waals surface area contributed by atoms with Crippen LogP contribution in [0.5, 0.6) is 0 Å². The smallest absolute Gasteiger partial charge is 0.404 e. The Morgan fingerprint density at radius 1 is 1.50 bits per heavy atom. The van der Waals surface area contributed by atoms with E-state index in [2.05, 4.69) is 15.0 Å². The molecular formula is C9H11N3O4. The first kappa shape index (κ1) is 11.8. The molecule has 0 saturated carbocycles. The van der Waals surface area contributed by atoms with Crippen LogP contribution in [0, 0.1) is 0 Å². The predicted molar refractivity (Wildman–Crippen MR) is 55.2 cm³/mol. The summed E-state index contributed by atoms with van der Waals surface area (Å²) in [5, 5.41) is 11.4. The molecule has 86 valence electrons. The Morgan fingerprint density at radius 3 is 2.75 bits per heavy atom. The van der Waals surface area contributed by atoms with Gasteiger partial charge in [0.1, 0.15) is 12.4 Å². The molecule has 1 amide bonds. The number of carboxylic acids is 1. The van der Waals surface area contributed by atoms with Gasteiger partial charge in [0.2, 0.25) is 0 Å². The molecule has 0 spiro atoms. The van der Waals surface area contributed by atoms with Gasteiger partial charge >= 0.3 is 12.1 Å². The van der Waals surface area contributed by atoms with Gasteiger partial charge < -0.3 is 20.9 Å². The summed E-state index contributed by atoms with van der Waals surface area (Å²) in [5.74, 6) is -0.533. The highest BCUT2D eigenvalue weighted by molar-refractivity contribution is 5.87. The molecule has 0 bridgehead atoms. The minimum atomic E-state index is -1.03. The van der Waals surface area contributed by atoms with Crippen LogP contribution in [0.25, 0.3) is 0 Å². The number of carboxylic acid groups (broad SMARTS) is 1. The van der Waals surface area contributed by atoms with Gasteiger partial charge in [-0.05, 0) is 12.1 Å². The second kappa shape index (κ2) is 5.54. The average Bonchev–Trinajstić information content (AvgIpc) is 2.25. The largest absolute Gasteiger partial charge is 0.478 e. The van der Waals surface area contributed by atoms with E-state index in [1.54, 1.807) is 0 Å². The summed E-state index contributed by atoms with van der Waals surface area (Å²) in [6, 6.07) is 2.94. The van der Waals surface area contributed by atoms with Gasteiger partial charge in [-0.15, -0.1) is 0 Å². The second-order valence-corrected chi connectivity index (χ2v) is 2.83. The highest BCUT2D eigenvalue weighted by Gasteiger charge is 2.02. The third kappa shape index (κ3) is 3.82. The molecular weight excluding hydrogens is 214 g/mol. The van der Waals surface area contributed by atoms with E-state index in [9.17, 15) is 9.59 Å². The Balaban J connectivity index is 2.38. The van der Waals surface area contributed by atoms with Crippen LogP contribution in [-0.4, -0.2) is 35.3 Å². The van der Waals surface area contributed by atoms with Crippen molar-refractivity contribution in [3.8, 4) is 0 Å². The average molecular weight is 225 g/mol. The van der Waals surface area contributed by atoms with Crippen LogP contribution >= 0.6 is 0 Å². The number of amides is 1. The molecule has 4 N–H and O–H groups in total. The quantitative estimate of drug-likeness (QED) is 0.620. The summed E-state index contributed by atoms with van der Waals surface area (Å²) in [5.41, 5.74) is 4.87. The molecule has 1 aromatic rings. The molecule has 7 heteroatoms. The molecule has 0 fully saturated rings. The first-order valence-electron chi connectivity index (χ1n) is 4.45. The molecule has 0 aliphatic rings. The lowest BCUT2D eigenvalue weighted by Gasteiger charge is -2.05. The normalized spacial score (nSPS) is 9.50. The number of ether oxygens (including phenoxy) is 1. The van der Waals surface area contributed by atoms with Crippen molar-refractivity contribution in [2.24, 2.45) is 5.73 Å². The van der Waals surface area contributed by atoms with E-state index in [0.29, 0.717) is 12.4 Å². The van der Waals surface area contributed by atoms with Gasteiger partial charge in [0, 0.05) is 6.20 Å². The van der Waals surface area contributed by atoms with Crippen LogP contribution in [0.15, 0.2) is 18.3 Å². The fourth-order valence-electron chi connectivity index (χ4n) is 0.956. The van der Waals surface area contributed by atoms with Crippen LogP contribution in [-0.2, 0) is 4.74 Å². The summed E-state index contributed by atoms with van der Waals surface area (Å²) < 4.78 is 4.48. The number of hydrogen-bond acceptors (Lipinski definition) is 5. The third-order valence-corrected chi connectivity index (χ3v) is 1.66. The molecule has 16 heavy (non-hydrogen) atoms. The lowest BCUT2D eigenvalue weighted by Crippen LogP contribution is -2.18. The number of carbonyl (C=O) groups is 2. The summed E-state index contributed by atoms with van der Waals surface area (Å²) in [6.45, 7) is 0.472. The summed E-state index contributed by atoms with van der Waals surface area (Å²) in [6.07, 6.45) is 0.399. The molecule has 0 atom stereocenters. The number of primary amides is 1. The van der Waals surface area contributed by atoms with Gasteiger partial charge in [0.25, 0.3) is 0 Å². The molecule has 7 nitrogen and oxygen atoms in total. The van der Waals surface area contributed by atoms with Gasteiger partial charge in [-0.1, -0.05) is 0 Å². The van der Waals surface area contributed by atoms with E-state index in [-0.39, 0.29) is 12.2 Å². The lowest BCUT2D eigenvalue weighted by molar-refractivity contribution is 0.0696. The first-order chi connectivity index (χ1) is 7.59. The van der Waals surface area contributed by atoms with Crippen molar-refractivity contribution in [2.45, 2.75) is 0 Å². The van der Waals surface area contributed by atoms with Gasteiger partial charge in [-0.2, -0.15) is 0 Å². The number of aromatic carboxylic acids is 1. The number of carbonyl (C=O) groups excluding carboxylic acids is 1. The molecule has 1 aromatic heterocycles. The first-order valence-corrected chi connectivity index (χ1v) is 4.45. The van der Waals surface area contributed by atoms with E-state index < -0.39 is 12.1 Å². The van der Waals surface area contributed by atoms with Crippen molar-refractivity contribution >= 4 is 17.9 Å². The highest BCUT2D eigenvalue weighted by atomic mass is 16.5. The van der Waals surface area contributed by atoms with Gasteiger partial charge in [-0.25, -0.2) is 14.6 Å². The number of nitrogens with one attached hydrogen (secondary N) is 1. The maximum absolute atomic E-state index is 10.5. The maximum atomic E-state index is 10.5. The number of nitrogens with zero attached hydrogens (tertiary/aromatic N) is 1. The second-order valence-electron chi connectivity index (χ2n) is 2.83. The molecule has 0 aromatic carbocycles. The van der Waals surface area contributed by atoms with Crippen LogP contribution in [0.4, 0.5) is 10.6 Å². The van der Waals surface area contributed by atoms with Gasteiger partial charge in [0.15, 0.2) is 0 Å². The Morgan fingerprint density at radius 2 is 2.25 bits per heavy atom. The van der Waals surface area contributed by atoms with Crippen molar-refractivity contribution in [2.75, 3.05) is 18.5 Å². The number of aromatic nitrogens is 1. The van der Waals surface area contributed by atoms with Crippen molar-refractivity contribution in [1.29, 1.82) is 0 Å². The third-order valence-electron chi connectivity index (χ3n) is 1.66. The zero-order chi connectivity index (χ0) is 12.0. The zero-order valence-electron chi connectivity index (χ0n) is 8.34. The standard InChI is InChI=1S/C9H11N3O4/c10-9(15)16-4-3-11-7-2-1-6(5-12-7)8(13)14/h1-2,5H,3-4H2,(H2,10,15)(H,11,12)(H,13,14). The highest BCUT2D eigenvalue weighted by Crippen LogP contribution is 2.04. The van der Waals surface area contributed by atoms with E-state index >= 15 is 0 Å². The summed E-state index contributed by atoms with van der Waals surface area (Å²) in [4.78, 5) is 24.6. The Labute approximate surface area is 91.2 Å². The molecule has 0 unspecified atom stereocenters.